The molecule has 0 bridgehead atoms. The van der Waals surface area contributed by atoms with Crippen molar-refractivity contribution in [2.75, 3.05) is 19.3 Å². The predicted molar refractivity (Wildman–Crippen MR) is 68.7 cm³/mol. The fourth-order valence-electron chi connectivity index (χ4n) is 1.25. The average molecular weight is 248 g/mol. The van der Waals surface area contributed by atoms with E-state index < -0.39 is 10.8 Å². The quantitative estimate of drug-likeness (QED) is 0.592. The first-order valence-corrected chi connectivity index (χ1v) is 7.49. The molecule has 0 aromatic carbocycles. The van der Waals surface area contributed by atoms with Crippen LogP contribution in [0.25, 0.3) is 0 Å². The molecule has 0 aromatic heterocycles. The van der Waals surface area contributed by atoms with Crippen molar-refractivity contribution in [3.8, 4) is 0 Å². The summed E-state index contributed by atoms with van der Waals surface area (Å²) in [5, 5.41) is 2.83. The Hall–Kier alpha value is -0.420. The third kappa shape index (κ3) is 8.85. The molecule has 2 atom stereocenters. The second-order valence-corrected chi connectivity index (χ2v) is 5.87. The number of carbonyl (C=O) groups is 1. The highest BCUT2D eigenvalue weighted by atomic mass is 32.2. The van der Waals surface area contributed by atoms with Crippen LogP contribution in [-0.4, -0.2) is 34.7 Å². The van der Waals surface area contributed by atoms with Crippen LogP contribution in [0.15, 0.2) is 0 Å². The molecule has 0 spiro atoms. The largest absolute Gasteiger partial charge is 0.355 e. The molecule has 0 aliphatic carbocycles. The van der Waals surface area contributed by atoms with Crippen LogP contribution in [0, 0.1) is 0 Å². The van der Waals surface area contributed by atoms with Crippen molar-refractivity contribution in [2.45, 2.75) is 44.3 Å². The van der Waals surface area contributed by atoms with E-state index in [0.29, 0.717) is 13.0 Å². The molecule has 96 valence electrons. The van der Waals surface area contributed by atoms with Crippen molar-refractivity contribution in [3.05, 3.63) is 0 Å². The van der Waals surface area contributed by atoms with Crippen LogP contribution in [0.3, 0.4) is 0 Å². The number of nitrogens with one attached hydrogen (secondary N) is 1. The number of unbranched alkanes of at least 4 members (excludes halogenated alkanes) is 3. The third-order valence-electron chi connectivity index (χ3n) is 2.51. The SMILES string of the molecule is CC(CNC(=O)CCCCCCN)S(C)=O. The van der Waals surface area contributed by atoms with E-state index in [4.69, 9.17) is 5.73 Å². The van der Waals surface area contributed by atoms with E-state index in [1.165, 1.54) is 0 Å². The number of rotatable bonds is 9. The van der Waals surface area contributed by atoms with Gasteiger partial charge in [-0.25, -0.2) is 0 Å². The molecular weight excluding hydrogens is 224 g/mol. The van der Waals surface area contributed by atoms with Gasteiger partial charge in [-0.05, 0) is 26.3 Å². The van der Waals surface area contributed by atoms with Crippen molar-refractivity contribution in [1.82, 2.24) is 5.32 Å². The van der Waals surface area contributed by atoms with Crippen molar-refractivity contribution in [1.29, 1.82) is 0 Å². The molecule has 3 N–H and O–H groups in total. The standard InChI is InChI=1S/C11H24N2O2S/c1-10(16(2)15)9-13-11(14)7-5-3-4-6-8-12/h10H,3-9,12H2,1-2H3,(H,13,14). The summed E-state index contributed by atoms with van der Waals surface area (Å²) in [6.07, 6.45) is 6.32. The van der Waals surface area contributed by atoms with E-state index in [0.717, 1.165) is 32.2 Å². The topological polar surface area (TPSA) is 72.2 Å². The highest BCUT2D eigenvalue weighted by molar-refractivity contribution is 7.84. The van der Waals surface area contributed by atoms with Gasteiger partial charge >= 0.3 is 0 Å². The molecule has 0 saturated heterocycles. The molecule has 4 nitrogen and oxygen atoms in total. The van der Waals surface area contributed by atoms with Gasteiger partial charge < -0.3 is 11.1 Å². The summed E-state index contributed by atoms with van der Waals surface area (Å²) in [5.41, 5.74) is 5.37. The Morgan fingerprint density at radius 2 is 1.94 bits per heavy atom. The zero-order valence-electron chi connectivity index (χ0n) is 10.3. The van der Waals surface area contributed by atoms with Crippen molar-refractivity contribution in [3.63, 3.8) is 0 Å². The van der Waals surface area contributed by atoms with Gasteiger partial charge in [0.2, 0.25) is 5.91 Å². The molecule has 0 aliphatic rings. The van der Waals surface area contributed by atoms with Crippen LogP contribution in [0.5, 0.6) is 0 Å². The van der Waals surface area contributed by atoms with Crippen LogP contribution in [0.2, 0.25) is 0 Å². The summed E-state index contributed by atoms with van der Waals surface area (Å²) in [6.45, 7) is 3.11. The van der Waals surface area contributed by atoms with Crippen LogP contribution in [0.1, 0.15) is 39.0 Å². The van der Waals surface area contributed by atoms with Gasteiger partial charge in [0.25, 0.3) is 0 Å². The Bertz CT molecular complexity index is 222. The highest BCUT2D eigenvalue weighted by Crippen LogP contribution is 2.02. The van der Waals surface area contributed by atoms with E-state index in [9.17, 15) is 9.00 Å². The zero-order valence-corrected chi connectivity index (χ0v) is 11.1. The maximum atomic E-state index is 11.4. The van der Waals surface area contributed by atoms with Crippen molar-refractivity contribution >= 4 is 16.7 Å². The lowest BCUT2D eigenvalue weighted by molar-refractivity contribution is -0.121. The smallest absolute Gasteiger partial charge is 0.220 e. The normalized spacial score (nSPS) is 14.4. The second kappa shape index (κ2) is 9.78. The van der Waals surface area contributed by atoms with Gasteiger partial charge in [0.15, 0.2) is 0 Å². The van der Waals surface area contributed by atoms with Gasteiger partial charge in [0, 0.05) is 35.3 Å². The summed E-state index contributed by atoms with van der Waals surface area (Å²) in [7, 11) is -0.865. The average Bonchev–Trinajstić information content (AvgIpc) is 2.25. The first-order valence-electron chi connectivity index (χ1n) is 5.87. The molecule has 0 saturated carbocycles. The van der Waals surface area contributed by atoms with Crippen LogP contribution < -0.4 is 11.1 Å². The van der Waals surface area contributed by atoms with Gasteiger partial charge in [0.05, 0.1) is 0 Å². The Morgan fingerprint density at radius 3 is 2.50 bits per heavy atom. The minimum atomic E-state index is -0.865. The molecule has 0 fully saturated rings. The molecule has 0 aromatic rings. The third-order valence-corrected chi connectivity index (χ3v) is 3.81. The van der Waals surface area contributed by atoms with Gasteiger partial charge in [0.1, 0.15) is 0 Å². The van der Waals surface area contributed by atoms with Crippen LogP contribution in [0.4, 0.5) is 0 Å². The zero-order chi connectivity index (χ0) is 12.4. The molecule has 2 unspecified atom stereocenters. The Labute approximate surface area is 101 Å². The molecule has 0 rings (SSSR count). The lowest BCUT2D eigenvalue weighted by Crippen LogP contribution is -2.32. The maximum absolute atomic E-state index is 11.4. The van der Waals surface area contributed by atoms with Gasteiger partial charge in [-0.15, -0.1) is 0 Å². The molecule has 16 heavy (non-hydrogen) atoms. The summed E-state index contributed by atoms with van der Waals surface area (Å²) >= 11 is 0. The Kier molecular flexibility index (Phi) is 9.52. The number of amides is 1. The monoisotopic (exact) mass is 248 g/mol. The number of nitrogens with two attached hydrogens (primary N) is 1. The summed E-state index contributed by atoms with van der Waals surface area (Å²) in [5.74, 6) is 0.0602. The van der Waals surface area contributed by atoms with E-state index >= 15 is 0 Å². The second-order valence-electron chi connectivity index (χ2n) is 4.07. The molecule has 1 amide bonds. The maximum Gasteiger partial charge on any atom is 0.220 e. The molecule has 0 heterocycles. The van der Waals surface area contributed by atoms with Gasteiger partial charge in [-0.3, -0.25) is 9.00 Å². The minimum absolute atomic E-state index is 0.0289. The van der Waals surface area contributed by atoms with Gasteiger partial charge in [-0.2, -0.15) is 0 Å². The fourth-order valence-corrected chi connectivity index (χ4v) is 1.56. The van der Waals surface area contributed by atoms with E-state index in [-0.39, 0.29) is 11.2 Å². The number of hydrogen-bond donors (Lipinski definition) is 2. The van der Waals surface area contributed by atoms with E-state index in [1.54, 1.807) is 6.26 Å². The van der Waals surface area contributed by atoms with Crippen molar-refractivity contribution < 1.29 is 9.00 Å². The molecule has 5 heteroatoms. The van der Waals surface area contributed by atoms with Gasteiger partial charge in [-0.1, -0.05) is 12.8 Å². The lowest BCUT2D eigenvalue weighted by atomic mass is 10.1. The van der Waals surface area contributed by atoms with E-state index in [2.05, 4.69) is 5.32 Å². The lowest BCUT2D eigenvalue weighted by Gasteiger charge is -2.09. The molecular formula is C11H24N2O2S. The van der Waals surface area contributed by atoms with Crippen LogP contribution in [-0.2, 0) is 15.6 Å². The first-order chi connectivity index (χ1) is 7.57. The molecule has 0 aliphatic heterocycles. The summed E-state index contributed by atoms with van der Waals surface area (Å²) in [4.78, 5) is 11.4. The number of carbonyl (C=O) groups excluding carboxylic acids is 1. The summed E-state index contributed by atoms with van der Waals surface area (Å²) in [6, 6.07) is 0. The minimum Gasteiger partial charge on any atom is -0.355 e. The van der Waals surface area contributed by atoms with Crippen LogP contribution >= 0.6 is 0 Å². The fraction of sp³-hybridized carbons (Fsp3) is 0.909. The Morgan fingerprint density at radius 1 is 1.31 bits per heavy atom. The Balaban J connectivity index is 3.41. The highest BCUT2D eigenvalue weighted by Gasteiger charge is 2.07. The first kappa shape index (κ1) is 15.6. The van der Waals surface area contributed by atoms with Crippen molar-refractivity contribution in [2.24, 2.45) is 5.73 Å². The number of hydrogen-bond acceptors (Lipinski definition) is 3. The predicted octanol–water partition coefficient (Wildman–Crippen LogP) is 0.779. The molecule has 0 radical (unpaired) electrons. The summed E-state index contributed by atoms with van der Waals surface area (Å²) < 4.78 is 11.0. The van der Waals surface area contributed by atoms with E-state index in [1.807, 2.05) is 6.92 Å².